The van der Waals surface area contributed by atoms with Crippen molar-refractivity contribution in [2.75, 3.05) is 6.54 Å². The van der Waals surface area contributed by atoms with E-state index in [9.17, 15) is 4.79 Å². The van der Waals surface area contributed by atoms with Gasteiger partial charge in [0.15, 0.2) is 0 Å². The summed E-state index contributed by atoms with van der Waals surface area (Å²) in [6.45, 7) is 1.22. The van der Waals surface area contributed by atoms with Crippen molar-refractivity contribution in [2.45, 2.75) is 32.2 Å². The second-order valence-corrected chi connectivity index (χ2v) is 6.22. The molecule has 1 amide bonds. The Morgan fingerprint density at radius 1 is 1.12 bits per heavy atom. The standard InChI is InChI=1S/C20H24N4O/c21-10-4-3-6-16-5-1-2-7-17(16)12-20(25)22-13-15-8-9-18-19(11-15)24-14-23-18/h1-2,5,7-9,11,14H,3-4,6,10,12-13,21H2,(H,22,25)(H,23,24). The largest absolute Gasteiger partial charge is 0.352 e. The van der Waals surface area contributed by atoms with E-state index in [1.165, 1.54) is 5.56 Å². The lowest BCUT2D eigenvalue weighted by Crippen LogP contribution is -2.25. The normalized spacial score (nSPS) is 10.9. The van der Waals surface area contributed by atoms with Crippen molar-refractivity contribution in [1.29, 1.82) is 0 Å². The summed E-state index contributed by atoms with van der Waals surface area (Å²) in [4.78, 5) is 19.6. The smallest absolute Gasteiger partial charge is 0.224 e. The molecule has 0 fully saturated rings. The zero-order valence-corrected chi connectivity index (χ0v) is 14.3. The Kier molecular flexibility index (Phi) is 5.80. The van der Waals surface area contributed by atoms with Crippen molar-refractivity contribution < 1.29 is 4.79 Å². The fraction of sp³-hybridized carbons (Fsp3) is 0.300. The van der Waals surface area contributed by atoms with Gasteiger partial charge in [-0.25, -0.2) is 4.98 Å². The van der Waals surface area contributed by atoms with Crippen molar-refractivity contribution in [3.63, 3.8) is 0 Å². The molecule has 4 N–H and O–H groups in total. The van der Waals surface area contributed by atoms with Crippen LogP contribution in [0.2, 0.25) is 0 Å². The maximum atomic E-state index is 12.3. The number of nitrogens with two attached hydrogens (primary N) is 1. The minimum Gasteiger partial charge on any atom is -0.352 e. The van der Waals surface area contributed by atoms with Crippen molar-refractivity contribution in [2.24, 2.45) is 5.73 Å². The predicted octanol–water partition coefficient (Wildman–Crippen LogP) is 2.70. The van der Waals surface area contributed by atoms with Crippen LogP contribution in [0.25, 0.3) is 11.0 Å². The van der Waals surface area contributed by atoms with Crippen LogP contribution < -0.4 is 11.1 Å². The van der Waals surface area contributed by atoms with Crippen LogP contribution in [0, 0.1) is 0 Å². The van der Waals surface area contributed by atoms with Gasteiger partial charge in [0.25, 0.3) is 0 Å². The van der Waals surface area contributed by atoms with Crippen LogP contribution in [0.3, 0.4) is 0 Å². The number of hydrogen-bond acceptors (Lipinski definition) is 3. The van der Waals surface area contributed by atoms with E-state index in [4.69, 9.17) is 5.73 Å². The highest BCUT2D eigenvalue weighted by atomic mass is 16.1. The summed E-state index contributed by atoms with van der Waals surface area (Å²) in [6, 6.07) is 14.1. The zero-order chi connectivity index (χ0) is 17.5. The average molecular weight is 336 g/mol. The van der Waals surface area contributed by atoms with E-state index in [0.717, 1.165) is 41.4 Å². The Bertz CT molecular complexity index is 840. The van der Waals surface area contributed by atoms with Gasteiger partial charge in [-0.3, -0.25) is 4.79 Å². The zero-order valence-electron chi connectivity index (χ0n) is 14.3. The van der Waals surface area contributed by atoms with Gasteiger partial charge in [0.1, 0.15) is 0 Å². The molecule has 3 aromatic rings. The average Bonchev–Trinajstić information content (AvgIpc) is 3.09. The fourth-order valence-electron chi connectivity index (χ4n) is 2.96. The van der Waals surface area contributed by atoms with Crippen LogP contribution in [0.15, 0.2) is 48.8 Å². The first-order valence-corrected chi connectivity index (χ1v) is 8.72. The molecule has 1 aromatic heterocycles. The number of rotatable bonds is 8. The molecule has 130 valence electrons. The summed E-state index contributed by atoms with van der Waals surface area (Å²) in [5.74, 6) is 0.0356. The summed E-state index contributed by atoms with van der Waals surface area (Å²) < 4.78 is 0. The summed E-state index contributed by atoms with van der Waals surface area (Å²) in [5, 5.41) is 3.00. The molecule has 0 saturated carbocycles. The number of carbonyl (C=O) groups is 1. The number of aryl methyl sites for hydroxylation is 1. The van der Waals surface area contributed by atoms with Gasteiger partial charge in [0.2, 0.25) is 5.91 Å². The molecule has 3 rings (SSSR count). The number of aromatic amines is 1. The van der Waals surface area contributed by atoms with E-state index in [2.05, 4.69) is 21.4 Å². The molecule has 0 aliphatic heterocycles. The van der Waals surface area contributed by atoms with Crippen LogP contribution in [0.5, 0.6) is 0 Å². The molecule has 0 radical (unpaired) electrons. The molecule has 0 bridgehead atoms. The van der Waals surface area contributed by atoms with E-state index in [1.54, 1.807) is 6.33 Å². The first-order valence-electron chi connectivity index (χ1n) is 8.72. The molecule has 25 heavy (non-hydrogen) atoms. The highest BCUT2D eigenvalue weighted by Gasteiger charge is 2.08. The number of nitrogens with one attached hydrogen (secondary N) is 2. The van der Waals surface area contributed by atoms with E-state index in [1.807, 2.05) is 36.4 Å². The summed E-state index contributed by atoms with van der Waals surface area (Å²) in [7, 11) is 0. The van der Waals surface area contributed by atoms with Gasteiger partial charge in [-0.1, -0.05) is 30.3 Å². The highest BCUT2D eigenvalue weighted by molar-refractivity contribution is 5.79. The molecule has 0 atom stereocenters. The van der Waals surface area contributed by atoms with Gasteiger partial charge in [-0.15, -0.1) is 0 Å². The molecule has 0 saturated heterocycles. The van der Waals surface area contributed by atoms with Gasteiger partial charge in [0.05, 0.1) is 23.8 Å². The topological polar surface area (TPSA) is 83.8 Å². The summed E-state index contributed by atoms with van der Waals surface area (Å²) >= 11 is 0. The molecular formula is C20H24N4O. The quantitative estimate of drug-likeness (QED) is 0.553. The minimum atomic E-state index is 0.0356. The maximum absolute atomic E-state index is 12.3. The molecule has 0 aliphatic rings. The van der Waals surface area contributed by atoms with E-state index >= 15 is 0 Å². The van der Waals surface area contributed by atoms with Gasteiger partial charge in [-0.2, -0.15) is 0 Å². The maximum Gasteiger partial charge on any atom is 0.224 e. The van der Waals surface area contributed by atoms with Gasteiger partial charge in [0, 0.05) is 6.54 Å². The van der Waals surface area contributed by atoms with Crippen molar-refractivity contribution in [1.82, 2.24) is 15.3 Å². The number of aromatic nitrogens is 2. The van der Waals surface area contributed by atoms with Gasteiger partial charge < -0.3 is 16.0 Å². The molecule has 0 aliphatic carbocycles. The van der Waals surface area contributed by atoms with Crippen LogP contribution in [0.1, 0.15) is 29.5 Å². The van der Waals surface area contributed by atoms with Gasteiger partial charge >= 0.3 is 0 Å². The third kappa shape index (κ3) is 4.67. The van der Waals surface area contributed by atoms with E-state index in [0.29, 0.717) is 19.5 Å². The molecule has 0 unspecified atom stereocenters. The van der Waals surface area contributed by atoms with Crippen molar-refractivity contribution >= 4 is 16.9 Å². The first-order chi connectivity index (χ1) is 12.3. The predicted molar refractivity (Wildman–Crippen MR) is 100 cm³/mol. The van der Waals surface area contributed by atoms with E-state index in [-0.39, 0.29) is 5.91 Å². The Hall–Kier alpha value is -2.66. The SMILES string of the molecule is NCCCCc1ccccc1CC(=O)NCc1ccc2[nH]cnc2c1. The third-order valence-electron chi connectivity index (χ3n) is 4.35. The number of unbranched alkanes of at least 4 members (excludes halogenated alkanes) is 1. The van der Waals surface area contributed by atoms with Crippen LogP contribution in [-0.2, 0) is 24.2 Å². The lowest BCUT2D eigenvalue weighted by Gasteiger charge is -2.10. The number of carbonyl (C=O) groups excluding carboxylic acids is 1. The number of fused-ring (bicyclic) bond motifs is 1. The van der Waals surface area contributed by atoms with Crippen LogP contribution >= 0.6 is 0 Å². The molecular weight excluding hydrogens is 312 g/mol. The lowest BCUT2D eigenvalue weighted by molar-refractivity contribution is -0.120. The van der Waals surface area contributed by atoms with Gasteiger partial charge in [-0.05, 0) is 54.6 Å². The number of imidazole rings is 1. The second-order valence-electron chi connectivity index (χ2n) is 6.22. The van der Waals surface area contributed by atoms with Crippen molar-refractivity contribution in [3.05, 3.63) is 65.5 Å². The lowest BCUT2D eigenvalue weighted by atomic mass is 9.99. The second kappa shape index (κ2) is 8.44. The van der Waals surface area contributed by atoms with Crippen LogP contribution in [0.4, 0.5) is 0 Å². The highest BCUT2D eigenvalue weighted by Crippen LogP contribution is 2.14. The number of hydrogen-bond donors (Lipinski definition) is 3. The van der Waals surface area contributed by atoms with E-state index < -0.39 is 0 Å². The minimum absolute atomic E-state index is 0.0356. The Morgan fingerprint density at radius 3 is 2.80 bits per heavy atom. The summed E-state index contributed by atoms with van der Waals surface area (Å²) in [5.41, 5.74) is 10.9. The Morgan fingerprint density at radius 2 is 1.96 bits per heavy atom. The van der Waals surface area contributed by atoms with Crippen LogP contribution in [-0.4, -0.2) is 22.4 Å². The van der Waals surface area contributed by atoms with Crippen molar-refractivity contribution in [3.8, 4) is 0 Å². The summed E-state index contributed by atoms with van der Waals surface area (Å²) in [6.07, 6.45) is 5.11. The first kappa shape index (κ1) is 17.2. The number of benzene rings is 2. The number of nitrogens with zero attached hydrogens (tertiary/aromatic N) is 1. The monoisotopic (exact) mass is 336 g/mol. The number of H-pyrrole nitrogens is 1. The molecule has 0 spiro atoms. The molecule has 1 heterocycles. The molecule has 5 heteroatoms. The third-order valence-corrected chi connectivity index (χ3v) is 4.35. The Labute approximate surface area is 147 Å². The fourth-order valence-corrected chi connectivity index (χ4v) is 2.96. The Balaban J connectivity index is 1.57. The molecule has 2 aromatic carbocycles. The number of amides is 1. The molecule has 5 nitrogen and oxygen atoms in total.